The molecule has 0 bridgehead atoms. The van der Waals surface area contributed by atoms with Crippen LogP contribution >= 0.6 is 0 Å². The molecular formula is C11H11N3O3S. The van der Waals surface area contributed by atoms with E-state index in [9.17, 15) is 13.2 Å². The van der Waals surface area contributed by atoms with Crippen LogP contribution < -0.4 is 0 Å². The van der Waals surface area contributed by atoms with Gasteiger partial charge in [-0.15, -0.1) is 5.10 Å². The number of rotatable bonds is 4. The lowest BCUT2D eigenvalue weighted by Crippen LogP contribution is -2.02. The summed E-state index contributed by atoms with van der Waals surface area (Å²) < 4.78 is 25.5. The van der Waals surface area contributed by atoms with Gasteiger partial charge in [0.1, 0.15) is 6.29 Å². The summed E-state index contributed by atoms with van der Waals surface area (Å²) in [4.78, 5) is 10.5. The van der Waals surface area contributed by atoms with Crippen molar-refractivity contribution in [2.75, 3.05) is 0 Å². The van der Waals surface area contributed by atoms with Gasteiger partial charge in [0.25, 0.3) is 0 Å². The van der Waals surface area contributed by atoms with Crippen molar-refractivity contribution in [3.05, 3.63) is 36.0 Å². The number of sulfone groups is 1. The molecule has 0 aliphatic heterocycles. The molecule has 2 rings (SSSR count). The molecule has 0 unspecified atom stereocenters. The fraction of sp³-hybridized carbons (Fsp3) is 0.182. The maximum Gasteiger partial charge on any atom is 0.227 e. The fourth-order valence-corrected chi connectivity index (χ4v) is 2.55. The van der Waals surface area contributed by atoms with E-state index in [0.29, 0.717) is 6.29 Å². The third-order valence-electron chi connectivity index (χ3n) is 2.39. The Kier molecular flexibility index (Phi) is 3.24. The average Bonchev–Trinajstić information content (AvgIpc) is 2.79. The highest BCUT2D eigenvalue weighted by molar-refractivity contribution is 7.91. The summed E-state index contributed by atoms with van der Waals surface area (Å²) in [7, 11) is -3.66. The van der Waals surface area contributed by atoms with Gasteiger partial charge in [0.05, 0.1) is 17.6 Å². The van der Waals surface area contributed by atoms with Crippen molar-refractivity contribution >= 4 is 16.1 Å². The van der Waals surface area contributed by atoms with E-state index in [0.717, 1.165) is 5.56 Å². The Hall–Kier alpha value is -2.02. The van der Waals surface area contributed by atoms with Crippen LogP contribution in [0.25, 0.3) is 0 Å². The number of aromatic nitrogens is 3. The largest absolute Gasteiger partial charge is 0.301 e. The first kappa shape index (κ1) is 12.4. The standard InChI is InChI=1S/C11H11N3O3S/c1-9-2-4-10(5-3-9)18(16,17)11-8-14(6-7-15)13-12-11/h2-5,7-8H,6H2,1H3. The molecule has 94 valence electrons. The van der Waals surface area contributed by atoms with Gasteiger partial charge in [-0.2, -0.15) is 0 Å². The van der Waals surface area contributed by atoms with Gasteiger partial charge in [0, 0.05) is 0 Å². The second kappa shape index (κ2) is 4.69. The van der Waals surface area contributed by atoms with Crippen molar-refractivity contribution in [1.82, 2.24) is 15.0 Å². The van der Waals surface area contributed by atoms with E-state index in [2.05, 4.69) is 10.3 Å². The minimum Gasteiger partial charge on any atom is -0.301 e. The number of carbonyl (C=O) groups is 1. The van der Waals surface area contributed by atoms with Crippen LogP contribution in [0.2, 0.25) is 0 Å². The number of hydrogen-bond acceptors (Lipinski definition) is 5. The van der Waals surface area contributed by atoms with Crippen molar-refractivity contribution in [1.29, 1.82) is 0 Å². The van der Waals surface area contributed by atoms with Gasteiger partial charge >= 0.3 is 0 Å². The molecule has 1 heterocycles. The normalized spacial score (nSPS) is 11.4. The molecule has 1 aromatic heterocycles. The fourth-order valence-electron chi connectivity index (χ4n) is 1.41. The Bertz CT molecular complexity index is 659. The third kappa shape index (κ3) is 2.30. The lowest BCUT2D eigenvalue weighted by Gasteiger charge is -2.00. The molecule has 0 saturated heterocycles. The molecule has 0 atom stereocenters. The monoisotopic (exact) mass is 265 g/mol. The van der Waals surface area contributed by atoms with Gasteiger partial charge in [0.2, 0.25) is 14.9 Å². The Balaban J connectivity index is 2.41. The number of carbonyl (C=O) groups excluding carboxylic acids is 1. The van der Waals surface area contributed by atoms with Gasteiger partial charge in [-0.05, 0) is 19.1 Å². The molecule has 7 heteroatoms. The van der Waals surface area contributed by atoms with E-state index in [4.69, 9.17) is 0 Å². The molecule has 2 aromatic rings. The molecule has 0 spiro atoms. The van der Waals surface area contributed by atoms with Gasteiger partial charge in [0.15, 0.2) is 0 Å². The number of aldehydes is 1. The first-order valence-electron chi connectivity index (χ1n) is 5.19. The van der Waals surface area contributed by atoms with Crippen LogP contribution in [0.5, 0.6) is 0 Å². The highest BCUT2D eigenvalue weighted by Crippen LogP contribution is 2.18. The van der Waals surface area contributed by atoms with Crippen molar-refractivity contribution in [3.63, 3.8) is 0 Å². The zero-order valence-corrected chi connectivity index (χ0v) is 10.5. The molecule has 18 heavy (non-hydrogen) atoms. The highest BCUT2D eigenvalue weighted by atomic mass is 32.2. The topological polar surface area (TPSA) is 81.9 Å². The van der Waals surface area contributed by atoms with E-state index in [-0.39, 0.29) is 16.5 Å². The van der Waals surface area contributed by atoms with Crippen LogP contribution in [0.4, 0.5) is 0 Å². The summed E-state index contributed by atoms with van der Waals surface area (Å²) in [5.41, 5.74) is 0.971. The van der Waals surface area contributed by atoms with E-state index in [1.165, 1.54) is 23.0 Å². The molecule has 6 nitrogen and oxygen atoms in total. The molecule has 0 aliphatic rings. The summed E-state index contributed by atoms with van der Waals surface area (Å²) in [5, 5.41) is 6.98. The van der Waals surface area contributed by atoms with Crippen molar-refractivity contribution in [2.45, 2.75) is 23.4 Å². The molecule has 0 radical (unpaired) electrons. The van der Waals surface area contributed by atoms with Crippen LogP contribution in [0, 0.1) is 6.92 Å². The summed E-state index contributed by atoms with van der Waals surface area (Å²) in [6.07, 6.45) is 1.86. The Morgan fingerprint density at radius 1 is 1.28 bits per heavy atom. The quantitative estimate of drug-likeness (QED) is 0.757. The Morgan fingerprint density at radius 2 is 1.94 bits per heavy atom. The van der Waals surface area contributed by atoms with E-state index in [1.807, 2.05) is 6.92 Å². The maximum atomic E-state index is 12.2. The van der Waals surface area contributed by atoms with E-state index >= 15 is 0 Å². The van der Waals surface area contributed by atoms with Crippen LogP contribution in [-0.4, -0.2) is 29.7 Å². The zero-order chi connectivity index (χ0) is 13.2. The van der Waals surface area contributed by atoms with Crippen LogP contribution in [0.3, 0.4) is 0 Å². The summed E-state index contributed by atoms with van der Waals surface area (Å²) in [6, 6.07) is 6.46. The Morgan fingerprint density at radius 3 is 2.56 bits per heavy atom. The first-order valence-corrected chi connectivity index (χ1v) is 6.68. The van der Waals surface area contributed by atoms with E-state index < -0.39 is 9.84 Å². The van der Waals surface area contributed by atoms with Gasteiger partial charge in [-0.1, -0.05) is 22.9 Å². The average molecular weight is 265 g/mol. The van der Waals surface area contributed by atoms with Crippen LogP contribution in [0.1, 0.15) is 5.56 Å². The van der Waals surface area contributed by atoms with Crippen LogP contribution in [-0.2, 0) is 21.2 Å². The lowest BCUT2D eigenvalue weighted by atomic mass is 10.2. The smallest absolute Gasteiger partial charge is 0.227 e. The summed E-state index contributed by atoms with van der Waals surface area (Å²) >= 11 is 0. The van der Waals surface area contributed by atoms with Gasteiger partial charge < -0.3 is 4.79 Å². The van der Waals surface area contributed by atoms with Gasteiger partial charge in [-0.25, -0.2) is 13.1 Å². The predicted octanol–water partition coefficient (Wildman–Crippen LogP) is 0.618. The highest BCUT2D eigenvalue weighted by Gasteiger charge is 2.21. The van der Waals surface area contributed by atoms with E-state index in [1.54, 1.807) is 12.1 Å². The number of benzene rings is 1. The third-order valence-corrected chi connectivity index (χ3v) is 4.02. The molecular weight excluding hydrogens is 254 g/mol. The first-order chi connectivity index (χ1) is 8.54. The minimum atomic E-state index is -3.66. The molecule has 0 amide bonds. The molecule has 0 aliphatic carbocycles. The second-order valence-corrected chi connectivity index (χ2v) is 5.66. The second-order valence-electron chi connectivity index (χ2n) is 3.76. The number of hydrogen-bond donors (Lipinski definition) is 0. The van der Waals surface area contributed by atoms with Crippen LogP contribution in [0.15, 0.2) is 40.4 Å². The number of aryl methyl sites for hydroxylation is 1. The van der Waals surface area contributed by atoms with Crippen molar-refractivity contribution in [2.24, 2.45) is 0 Å². The minimum absolute atomic E-state index is 0.0174. The molecule has 0 N–H and O–H groups in total. The molecule has 0 saturated carbocycles. The molecule has 0 fully saturated rings. The zero-order valence-electron chi connectivity index (χ0n) is 9.65. The van der Waals surface area contributed by atoms with Crippen molar-refractivity contribution < 1.29 is 13.2 Å². The SMILES string of the molecule is Cc1ccc(S(=O)(=O)c2cn(CC=O)nn2)cc1. The van der Waals surface area contributed by atoms with Crippen molar-refractivity contribution in [3.8, 4) is 0 Å². The number of nitrogens with zero attached hydrogens (tertiary/aromatic N) is 3. The summed E-state index contributed by atoms with van der Waals surface area (Å²) in [6.45, 7) is 1.85. The summed E-state index contributed by atoms with van der Waals surface area (Å²) in [5.74, 6) is 0. The molecule has 1 aromatic carbocycles. The van der Waals surface area contributed by atoms with Gasteiger partial charge in [-0.3, -0.25) is 0 Å². The lowest BCUT2D eigenvalue weighted by molar-refractivity contribution is -0.108. The Labute approximate surface area is 104 Å². The maximum absolute atomic E-state index is 12.2. The predicted molar refractivity (Wildman–Crippen MR) is 62.7 cm³/mol.